The Balaban J connectivity index is 2.34. The van der Waals surface area contributed by atoms with E-state index >= 15 is 0 Å². The van der Waals surface area contributed by atoms with Crippen LogP contribution in [-0.4, -0.2) is 27.2 Å². The molecular weight excluding hydrogens is 390 g/mol. The highest BCUT2D eigenvalue weighted by atomic mass is 35.5. The smallest absolute Gasteiger partial charge is 0.335 e. The molecule has 1 N–H and O–H groups in total. The molecule has 0 saturated carbocycles. The Labute approximate surface area is 173 Å². The quantitative estimate of drug-likeness (QED) is 0.523. The van der Waals surface area contributed by atoms with Crippen molar-refractivity contribution in [3.63, 3.8) is 0 Å². The van der Waals surface area contributed by atoms with Crippen molar-refractivity contribution in [2.75, 3.05) is 0 Å². The van der Waals surface area contributed by atoms with E-state index in [1.165, 1.54) is 19.1 Å². The van der Waals surface area contributed by atoms with E-state index < -0.39 is 5.97 Å². The van der Waals surface area contributed by atoms with E-state index in [4.69, 9.17) is 11.6 Å². The second kappa shape index (κ2) is 8.21. The number of carboxylic acids is 1. The number of benzene rings is 2. The lowest BCUT2D eigenvalue weighted by Crippen LogP contribution is -2.13. The van der Waals surface area contributed by atoms with Gasteiger partial charge in [-0.2, -0.15) is 0 Å². The number of carboxylic acid groups (broad SMARTS) is 1. The van der Waals surface area contributed by atoms with Crippen LogP contribution in [-0.2, 0) is 6.54 Å². The summed E-state index contributed by atoms with van der Waals surface area (Å²) in [5, 5.41) is 10.5. The molecule has 150 valence electrons. The molecule has 0 amide bonds. The van der Waals surface area contributed by atoms with Gasteiger partial charge in [-0.15, -0.1) is 0 Å². The fourth-order valence-corrected chi connectivity index (χ4v) is 3.76. The normalized spacial score (nSPS) is 11.2. The number of halogens is 1. The third kappa shape index (κ3) is 4.10. The Bertz CT molecular complexity index is 1130. The van der Waals surface area contributed by atoms with Crippen LogP contribution in [0.15, 0.2) is 42.5 Å². The molecule has 29 heavy (non-hydrogen) atoms. The van der Waals surface area contributed by atoms with E-state index in [0.29, 0.717) is 27.9 Å². The largest absolute Gasteiger partial charge is 0.478 e. The van der Waals surface area contributed by atoms with Crippen LogP contribution in [0.3, 0.4) is 0 Å². The van der Waals surface area contributed by atoms with Crippen LogP contribution < -0.4 is 0 Å². The highest BCUT2D eigenvalue weighted by Gasteiger charge is 2.26. The fourth-order valence-electron chi connectivity index (χ4n) is 3.56. The fraction of sp³-hybridized carbons (Fsp3) is 0.261. The number of aromatic carboxylic acids is 1. The molecule has 0 aliphatic heterocycles. The molecule has 0 spiro atoms. The zero-order valence-corrected chi connectivity index (χ0v) is 17.3. The number of hydrogen-bond acceptors (Lipinski definition) is 3. The second-order valence-corrected chi connectivity index (χ2v) is 7.92. The molecule has 0 aliphatic rings. The predicted octanol–water partition coefficient (Wildman–Crippen LogP) is 5.47. The topological polar surface area (TPSA) is 76.4 Å². The van der Waals surface area contributed by atoms with Crippen LogP contribution in [0.1, 0.15) is 64.0 Å². The first-order valence-electron chi connectivity index (χ1n) is 9.37. The number of rotatable bonds is 7. The van der Waals surface area contributed by atoms with Crippen molar-refractivity contribution >= 4 is 40.0 Å². The van der Waals surface area contributed by atoms with Gasteiger partial charge in [-0.3, -0.25) is 9.59 Å². The van der Waals surface area contributed by atoms with Crippen molar-refractivity contribution in [2.24, 2.45) is 5.92 Å². The Morgan fingerprint density at radius 2 is 1.79 bits per heavy atom. The molecule has 0 bridgehead atoms. The molecule has 6 heteroatoms. The summed E-state index contributed by atoms with van der Waals surface area (Å²) in [7, 11) is 0. The summed E-state index contributed by atoms with van der Waals surface area (Å²) in [6.45, 7) is 5.55. The van der Waals surface area contributed by atoms with E-state index in [1.54, 1.807) is 16.7 Å². The van der Waals surface area contributed by atoms with E-state index in [9.17, 15) is 19.5 Å². The van der Waals surface area contributed by atoms with Crippen molar-refractivity contribution in [3.05, 3.63) is 69.9 Å². The van der Waals surface area contributed by atoms with E-state index in [-0.39, 0.29) is 35.3 Å². The van der Waals surface area contributed by atoms with Gasteiger partial charge in [0.1, 0.15) is 0 Å². The Morgan fingerprint density at radius 3 is 2.38 bits per heavy atom. The van der Waals surface area contributed by atoms with E-state index in [1.807, 2.05) is 32.0 Å². The van der Waals surface area contributed by atoms with Crippen molar-refractivity contribution in [1.29, 1.82) is 0 Å². The van der Waals surface area contributed by atoms with Crippen LogP contribution in [0.5, 0.6) is 0 Å². The van der Waals surface area contributed by atoms with Gasteiger partial charge in [0, 0.05) is 30.3 Å². The average Bonchev–Trinajstić information content (AvgIpc) is 2.97. The number of fused-ring (bicyclic) bond motifs is 1. The van der Waals surface area contributed by atoms with Crippen molar-refractivity contribution < 1.29 is 19.5 Å². The summed E-state index contributed by atoms with van der Waals surface area (Å²) in [5.41, 5.74) is 2.03. The lowest BCUT2D eigenvalue weighted by atomic mass is 9.97. The van der Waals surface area contributed by atoms with Gasteiger partial charge in [0.15, 0.2) is 11.6 Å². The molecule has 0 radical (unpaired) electrons. The van der Waals surface area contributed by atoms with Gasteiger partial charge in [0.25, 0.3) is 0 Å². The monoisotopic (exact) mass is 411 g/mol. The molecular formula is C23H22ClNO4. The lowest BCUT2D eigenvalue weighted by molar-refractivity contribution is 0.0696. The van der Waals surface area contributed by atoms with Gasteiger partial charge in [-0.25, -0.2) is 4.79 Å². The van der Waals surface area contributed by atoms with Crippen molar-refractivity contribution in [3.8, 4) is 0 Å². The first-order chi connectivity index (χ1) is 13.7. The Kier molecular flexibility index (Phi) is 5.89. The molecule has 2 aromatic carbocycles. The summed E-state index contributed by atoms with van der Waals surface area (Å²) in [5.74, 6) is -1.33. The predicted molar refractivity (Wildman–Crippen MR) is 113 cm³/mol. The number of aromatic nitrogens is 1. The van der Waals surface area contributed by atoms with Gasteiger partial charge in [-0.05, 0) is 29.7 Å². The summed E-state index contributed by atoms with van der Waals surface area (Å²) in [6, 6.07) is 11.8. The van der Waals surface area contributed by atoms with Crippen LogP contribution in [0.25, 0.3) is 10.9 Å². The molecule has 1 aromatic heterocycles. The molecule has 0 atom stereocenters. The number of Topliss-reactive ketones (excluding diaryl/α,β-unsaturated/α-hetero) is 2. The number of carbonyl (C=O) groups is 3. The molecule has 0 aliphatic carbocycles. The van der Waals surface area contributed by atoms with Gasteiger partial charge < -0.3 is 9.67 Å². The molecule has 5 nitrogen and oxygen atoms in total. The zero-order chi connectivity index (χ0) is 21.3. The van der Waals surface area contributed by atoms with Crippen molar-refractivity contribution in [1.82, 2.24) is 4.57 Å². The summed E-state index contributed by atoms with van der Waals surface area (Å²) in [6.07, 6.45) is 0.298. The maximum absolute atomic E-state index is 13.0. The summed E-state index contributed by atoms with van der Waals surface area (Å²) >= 11 is 6.32. The minimum absolute atomic E-state index is 0.0911. The Morgan fingerprint density at radius 1 is 1.10 bits per heavy atom. The number of nitrogens with zero attached hydrogens (tertiary/aromatic N) is 1. The van der Waals surface area contributed by atoms with Crippen LogP contribution >= 0.6 is 11.6 Å². The second-order valence-electron chi connectivity index (χ2n) is 7.52. The van der Waals surface area contributed by atoms with Gasteiger partial charge in [-0.1, -0.05) is 49.7 Å². The SMILES string of the molecule is CC(=O)c1c(C(=O)CC(C)C)c2ccc(C(=O)O)cc2n1Cc1ccccc1Cl. The molecule has 1 heterocycles. The third-order valence-corrected chi connectivity index (χ3v) is 5.17. The molecule has 0 saturated heterocycles. The first kappa shape index (κ1) is 20.8. The summed E-state index contributed by atoms with van der Waals surface area (Å²) in [4.78, 5) is 37.2. The lowest BCUT2D eigenvalue weighted by Gasteiger charge is -2.12. The van der Waals surface area contributed by atoms with Crippen molar-refractivity contribution in [2.45, 2.75) is 33.7 Å². The van der Waals surface area contributed by atoms with Crippen LogP contribution in [0.4, 0.5) is 0 Å². The molecule has 0 fully saturated rings. The minimum Gasteiger partial charge on any atom is -0.478 e. The minimum atomic E-state index is -1.07. The molecule has 3 rings (SSSR count). The number of ketones is 2. The Hall–Kier alpha value is -2.92. The maximum Gasteiger partial charge on any atom is 0.335 e. The summed E-state index contributed by atoms with van der Waals surface area (Å²) < 4.78 is 1.71. The van der Waals surface area contributed by atoms with Gasteiger partial charge >= 0.3 is 5.97 Å². The number of carbonyl (C=O) groups excluding carboxylic acids is 2. The zero-order valence-electron chi connectivity index (χ0n) is 16.5. The van der Waals surface area contributed by atoms with E-state index in [0.717, 1.165) is 5.56 Å². The van der Waals surface area contributed by atoms with E-state index in [2.05, 4.69) is 0 Å². The first-order valence-corrected chi connectivity index (χ1v) is 9.75. The van der Waals surface area contributed by atoms with Gasteiger partial charge in [0.2, 0.25) is 0 Å². The molecule has 3 aromatic rings. The van der Waals surface area contributed by atoms with Crippen LogP contribution in [0.2, 0.25) is 5.02 Å². The third-order valence-electron chi connectivity index (χ3n) is 4.80. The van der Waals surface area contributed by atoms with Crippen LogP contribution in [0, 0.1) is 5.92 Å². The number of hydrogen-bond donors (Lipinski definition) is 1. The standard InChI is InChI=1S/C23H22ClNO4/c1-13(2)10-20(27)21-17-9-8-15(23(28)29)11-19(17)25(22(21)14(3)26)12-16-6-4-5-7-18(16)24/h4-9,11,13H,10,12H2,1-3H3,(H,28,29). The highest BCUT2D eigenvalue weighted by Crippen LogP contribution is 2.31. The molecule has 0 unspecified atom stereocenters. The average molecular weight is 412 g/mol. The van der Waals surface area contributed by atoms with Gasteiger partial charge in [0.05, 0.1) is 22.3 Å². The maximum atomic E-state index is 13.0. The highest BCUT2D eigenvalue weighted by molar-refractivity contribution is 6.31.